The van der Waals surface area contributed by atoms with Crippen molar-refractivity contribution in [3.63, 3.8) is 0 Å². The summed E-state index contributed by atoms with van der Waals surface area (Å²) >= 11 is 0. The largest absolute Gasteiger partial charge is 0.529 e. The van der Waals surface area contributed by atoms with E-state index in [1.807, 2.05) is 0 Å². The molecule has 1 amide bonds. The minimum absolute atomic E-state index is 0.0160. The number of anilines is 1. The second-order valence-electron chi connectivity index (χ2n) is 9.68. The summed E-state index contributed by atoms with van der Waals surface area (Å²) < 4.78 is 39.7. The molecule has 0 bridgehead atoms. The zero-order chi connectivity index (χ0) is 26.9. The summed E-state index contributed by atoms with van der Waals surface area (Å²) in [6.45, 7) is 6.42. The van der Waals surface area contributed by atoms with Gasteiger partial charge in [-0.2, -0.15) is 0 Å². The van der Waals surface area contributed by atoms with E-state index in [0.717, 1.165) is 51.2 Å². The lowest BCUT2D eigenvalue weighted by atomic mass is 9.87. The van der Waals surface area contributed by atoms with Crippen molar-refractivity contribution in [3.8, 4) is 5.88 Å². The zero-order valence-electron chi connectivity index (χ0n) is 21.4. The molecule has 3 aliphatic heterocycles. The van der Waals surface area contributed by atoms with Gasteiger partial charge in [0.25, 0.3) is 11.5 Å². The number of nitrogens with one attached hydrogen (secondary N) is 1. The van der Waals surface area contributed by atoms with Gasteiger partial charge in [0.2, 0.25) is 5.88 Å². The molecule has 38 heavy (non-hydrogen) atoms. The molecule has 4 heterocycles. The lowest BCUT2D eigenvalue weighted by Crippen LogP contribution is -2.53. The molecule has 1 unspecified atom stereocenters. The molecule has 204 valence electrons. The number of rotatable bonds is 6. The molecule has 2 aromatic rings. The Morgan fingerprint density at radius 3 is 2.53 bits per heavy atom. The van der Waals surface area contributed by atoms with Gasteiger partial charge in [-0.3, -0.25) is 9.69 Å². The van der Waals surface area contributed by atoms with E-state index in [4.69, 9.17) is 14.3 Å². The summed E-state index contributed by atoms with van der Waals surface area (Å²) in [7, 11) is 2.12. The first-order chi connectivity index (χ1) is 18.3. The number of fused-ring (bicyclic) bond motifs is 1. The van der Waals surface area contributed by atoms with Crippen LogP contribution >= 0.6 is 0 Å². The number of aromatic nitrogens is 1. The number of hydrogen-bond acceptors (Lipinski definition) is 9. The first-order valence-electron chi connectivity index (χ1n) is 12.8. The van der Waals surface area contributed by atoms with Gasteiger partial charge in [0.05, 0.1) is 17.9 Å². The molecule has 1 aromatic heterocycles. The van der Waals surface area contributed by atoms with Crippen LogP contribution in [0.5, 0.6) is 5.88 Å². The van der Waals surface area contributed by atoms with E-state index in [1.54, 1.807) is 6.92 Å². The van der Waals surface area contributed by atoms with Gasteiger partial charge >= 0.3 is 6.16 Å². The molecule has 1 N–H and O–H groups in total. The summed E-state index contributed by atoms with van der Waals surface area (Å²) in [5.74, 6) is -3.16. The lowest BCUT2D eigenvalue weighted by molar-refractivity contribution is -0.167. The second-order valence-corrected chi connectivity index (χ2v) is 9.68. The van der Waals surface area contributed by atoms with Crippen LogP contribution in [0.4, 0.5) is 19.3 Å². The van der Waals surface area contributed by atoms with Gasteiger partial charge in [0, 0.05) is 50.0 Å². The number of likely N-dealkylation sites (tertiary alicyclic amines) is 1. The summed E-state index contributed by atoms with van der Waals surface area (Å²) in [4.78, 5) is 40.9. The van der Waals surface area contributed by atoms with Crippen LogP contribution in [0.15, 0.2) is 30.5 Å². The third-order valence-corrected chi connectivity index (χ3v) is 7.36. The summed E-state index contributed by atoms with van der Waals surface area (Å²) in [5.41, 5.74) is -2.25. The van der Waals surface area contributed by atoms with E-state index in [-0.39, 0.29) is 29.3 Å². The van der Waals surface area contributed by atoms with Crippen molar-refractivity contribution in [2.24, 2.45) is 0 Å². The number of hydroxylamine groups is 2. The third-order valence-electron chi connectivity index (χ3n) is 7.36. The van der Waals surface area contributed by atoms with Crippen LogP contribution in [0, 0.1) is 11.6 Å². The fourth-order valence-corrected chi connectivity index (χ4v) is 5.38. The number of piperazine rings is 1. The van der Waals surface area contributed by atoms with Gasteiger partial charge in [-0.05, 0) is 58.1 Å². The fourth-order valence-electron chi connectivity index (χ4n) is 5.38. The number of piperidine rings is 1. The first kappa shape index (κ1) is 26.3. The molecule has 1 aromatic carbocycles. The Morgan fingerprint density at radius 2 is 1.82 bits per heavy atom. The third kappa shape index (κ3) is 4.91. The highest BCUT2D eigenvalue weighted by Crippen LogP contribution is 2.47. The predicted octanol–water partition coefficient (Wildman–Crippen LogP) is 2.73. The fraction of sp³-hybridized carbons (Fsp3) is 0.500. The molecule has 3 aliphatic rings. The molecule has 0 saturated carbocycles. The number of carbonyl (C=O) groups is 2. The molecule has 0 radical (unpaired) electrons. The topological polar surface area (TPSA) is 96.5 Å². The van der Waals surface area contributed by atoms with E-state index < -0.39 is 29.3 Å². The van der Waals surface area contributed by atoms with Crippen LogP contribution in [-0.4, -0.2) is 90.9 Å². The minimum Gasteiger partial charge on any atom is -0.478 e. The standard InChI is InChI=1S/C26H31F2N5O5/c1-3-36-23-18(5-4-8-29-23)26(19-15-20(27)21(28)16-22(19)30-24(26)34)37-25(35)38-33-13-11-32(12-14-33)17-6-9-31(2)10-7-17/h4-5,8,15-17H,3,6-7,9-14H2,1-2H3,(H,30,34). The smallest absolute Gasteiger partial charge is 0.478 e. The Balaban J connectivity index is 1.37. The Kier molecular flexibility index (Phi) is 7.46. The van der Waals surface area contributed by atoms with Crippen molar-refractivity contribution in [1.29, 1.82) is 0 Å². The van der Waals surface area contributed by atoms with Gasteiger partial charge in [-0.25, -0.2) is 18.6 Å². The number of carbonyl (C=O) groups excluding carboxylic acids is 2. The van der Waals surface area contributed by atoms with Crippen molar-refractivity contribution in [3.05, 3.63) is 53.2 Å². The Morgan fingerprint density at radius 1 is 1.11 bits per heavy atom. The van der Waals surface area contributed by atoms with Crippen molar-refractivity contribution in [1.82, 2.24) is 19.8 Å². The quantitative estimate of drug-likeness (QED) is 0.565. The highest BCUT2D eigenvalue weighted by Gasteiger charge is 2.55. The molecular formula is C26H31F2N5O5. The maximum Gasteiger partial charge on any atom is 0.529 e. The van der Waals surface area contributed by atoms with Crippen LogP contribution in [-0.2, 0) is 20.0 Å². The normalized spacial score (nSPS) is 23.1. The summed E-state index contributed by atoms with van der Waals surface area (Å²) in [5, 5.41) is 3.99. The average molecular weight is 532 g/mol. The van der Waals surface area contributed by atoms with Gasteiger partial charge < -0.3 is 24.5 Å². The Labute approximate surface area is 219 Å². The molecular weight excluding hydrogens is 500 g/mol. The van der Waals surface area contributed by atoms with Crippen LogP contribution < -0.4 is 10.1 Å². The zero-order valence-corrected chi connectivity index (χ0v) is 21.4. The summed E-state index contributed by atoms with van der Waals surface area (Å²) in [6, 6.07) is 5.19. The van der Waals surface area contributed by atoms with Gasteiger partial charge in [-0.15, -0.1) is 5.06 Å². The van der Waals surface area contributed by atoms with E-state index in [2.05, 4.69) is 27.1 Å². The van der Waals surface area contributed by atoms with E-state index in [9.17, 15) is 18.4 Å². The molecule has 2 fully saturated rings. The van der Waals surface area contributed by atoms with E-state index >= 15 is 0 Å². The SMILES string of the molecule is CCOc1ncccc1C1(OC(=O)ON2CCN(C3CCN(C)CC3)CC2)C(=O)Nc2cc(F)c(F)cc21. The Bertz CT molecular complexity index is 1200. The highest BCUT2D eigenvalue weighted by atomic mass is 19.2. The van der Waals surface area contributed by atoms with Crippen LogP contribution in [0.1, 0.15) is 30.9 Å². The van der Waals surface area contributed by atoms with E-state index in [1.165, 1.54) is 23.4 Å². The van der Waals surface area contributed by atoms with Crippen LogP contribution in [0.25, 0.3) is 0 Å². The average Bonchev–Trinajstić information content (AvgIpc) is 3.16. The molecule has 0 spiro atoms. The van der Waals surface area contributed by atoms with Gasteiger partial charge in [0.1, 0.15) is 0 Å². The van der Waals surface area contributed by atoms with Crippen molar-refractivity contribution in [2.45, 2.75) is 31.4 Å². The van der Waals surface area contributed by atoms with Crippen LogP contribution in [0.2, 0.25) is 0 Å². The second kappa shape index (κ2) is 10.8. The summed E-state index contributed by atoms with van der Waals surface area (Å²) in [6.07, 6.45) is 2.49. The molecule has 2 saturated heterocycles. The van der Waals surface area contributed by atoms with Gasteiger partial charge in [-0.1, -0.05) is 0 Å². The molecule has 10 nitrogen and oxygen atoms in total. The lowest BCUT2D eigenvalue weighted by Gasteiger charge is -2.41. The molecule has 12 heteroatoms. The van der Waals surface area contributed by atoms with Gasteiger partial charge in [0.15, 0.2) is 11.6 Å². The van der Waals surface area contributed by atoms with Crippen molar-refractivity contribution < 1.29 is 32.7 Å². The maximum atomic E-state index is 14.4. The molecule has 1 atom stereocenters. The van der Waals surface area contributed by atoms with Crippen molar-refractivity contribution >= 4 is 17.7 Å². The predicted molar refractivity (Wildman–Crippen MR) is 132 cm³/mol. The van der Waals surface area contributed by atoms with E-state index in [0.29, 0.717) is 19.1 Å². The van der Waals surface area contributed by atoms with Crippen LogP contribution in [0.3, 0.4) is 0 Å². The molecule has 0 aliphatic carbocycles. The monoisotopic (exact) mass is 531 g/mol. The van der Waals surface area contributed by atoms with Crippen molar-refractivity contribution in [2.75, 3.05) is 58.2 Å². The minimum atomic E-state index is -2.20. The Hall–Kier alpha value is -3.35. The maximum absolute atomic E-state index is 14.4. The highest BCUT2D eigenvalue weighted by molar-refractivity contribution is 6.08. The number of nitrogens with zero attached hydrogens (tertiary/aromatic N) is 4. The number of benzene rings is 1. The first-order valence-corrected chi connectivity index (χ1v) is 12.8. The number of pyridine rings is 1. The number of amides is 1. The number of halogens is 2. The number of hydrogen-bond donors (Lipinski definition) is 1. The molecule has 5 rings (SSSR count). The number of ether oxygens (including phenoxy) is 2.